The van der Waals surface area contributed by atoms with Crippen molar-refractivity contribution in [2.75, 3.05) is 11.5 Å². The first-order valence-corrected chi connectivity index (χ1v) is 6.29. The topological polar surface area (TPSA) is 0 Å². The summed E-state index contributed by atoms with van der Waals surface area (Å²) in [5, 5.41) is 0. The highest BCUT2D eigenvalue weighted by Gasteiger charge is 1.94. The molecule has 0 aliphatic rings. The Bertz CT molecular complexity index is 79.1. The highest BCUT2D eigenvalue weighted by molar-refractivity contribution is 7.99. The molecule has 0 unspecified atom stereocenters. The van der Waals surface area contributed by atoms with Crippen LogP contribution in [0.25, 0.3) is 0 Å². The van der Waals surface area contributed by atoms with Crippen LogP contribution in [0, 0.1) is 12.8 Å². The molecule has 0 aromatic heterocycles. The van der Waals surface area contributed by atoms with E-state index in [-0.39, 0.29) is 0 Å². The quantitative estimate of drug-likeness (QED) is 0.514. The van der Waals surface area contributed by atoms with Gasteiger partial charge < -0.3 is 0 Å². The molecule has 0 saturated carbocycles. The first-order valence-electron chi connectivity index (χ1n) is 5.14. The van der Waals surface area contributed by atoms with Crippen molar-refractivity contribution in [3.05, 3.63) is 6.92 Å². The fourth-order valence-corrected chi connectivity index (χ4v) is 2.10. The van der Waals surface area contributed by atoms with Crippen LogP contribution in [0.3, 0.4) is 0 Å². The van der Waals surface area contributed by atoms with Gasteiger partial charge in [-0.1, -0.05) is 46.5 Å². The van der Waals surface area contributed by atoms with E-state index >= 15 is 0 Å². The van der Waals surface area contributed by atoms with E-state index in [0.29, 0.717) is 0 Å². The fourth-order valence-electron chi connectivity index (χ4n) is 1.05. The standard InChI is InChI=1S/C11H23S/c1-4-5-6-7-8-9-12-10-11(2)3/h11H,1,4-10H2,2-3H3. The highest BCUT2D eigenvalue weighted by atomic mass is 32.2. The number of hydrogen-bond donors (Lipinski definition) is 0. The van der Waals surface area contributed by atoms with Gasteiger partial charge in [-0.2, -0.15) is 11.8 Å². The molecule has 0 bridgehead atoms. The number of thioether (sulfide) groups is 1. The van der Waals surface area contributed by atoms with Crippen LogP contribution in [-0.4, -0.2) is 11.5 Å². The molecule has 0 aliphatic heterocycles. The third-order valence-corrected chi connectivity index (χ3v) is 3.22. The van der Waals surface area contributed by atoms with Crippen molar-refractivity contribution < 1.29 is 0 Å². The molecule has 0 rings (SSSR count). The van der Waals surface area contributed by atoms with Gasteiger partial charge in [0.2, 0.25) is 0 Å². The highest BCUT2D eigenvalue weighted by Crippen LogP contribution is 2.11. The Morgan fingerprint density at radius 3 is 2.33 bits per heavy atom. The summed E-state index contributed by atoms with van der Waals surface area (Å²) in [6.45, 7) is 8.41. The molecule has 12 heavy (non-hydrogen) atoms. The lowest BCUT2D eigenvalue weighted by Gasteiger charge is -2.03. The van der Waals surface area contributed by atoms with Gasteiger partial charge in [-0.15, -0.1) is 0 Å². The zero-order valence-electron chi connectivity index (χ0n) is 8.64. The van der Waals surface area contributed by atoms with Crippen molar-refractivity contribution in [3.8, 4) is 0 Å². The summed E-state index contributed by atoms with van der Waals surface area (Å²) < 4.78 is 0. The van der Waals surface area contributed by atoms with Gasteiger partial charge in [-0.3, -0.25) is 0 Å². The van der Waals surface area contributed by atoms with Gasteiger partial charge in [0.1, 0.15) is 0 Å². The smallest absolute Gasteiger partial charge is 0.00444 e. The minimum atomic E-state index is 0.856. The number of hydrogen-bond acceptors (Lipinski definition) is 1. The van der Waals surface area contributed by atoms with E-state index in [1.54, 1.807) is 0 Å². The molecule has 0 aliphatic carbocycles. The lowest BCUT2D eigenvalue weighted by molar-refractivity contribution is 0.676. The minimum Gasteiger partial charge on any atom is -0.162 e. The molecule has 73 valence electrons. The number of rotatable bonds is 8. The van der Waals surface area contributed by atoms with Crippen LogP contribution in [0.4, 0.5) is 0 Å². The van der Waals surface area contributed by atoms with E-state index in [1.807, 2.05) is 0 Å². The van der Waals surface area contributed by atoms with Gasteiger partial charge in [0.25, 0.3) is 0 Å². The van der Waals surface area contributed by atoms with Gasteiger partial charge in [0.15, 0.2) is 0 Å². The maximum absolute atomic E-state index is 3.84. The molecule has 1 radical (unpaired) electrons. The fraction of sp³-hybridized carbons (Fsp3) is 0.909. The van der Waals surface area contributed by atoms with Crippen molar-refractivity contribution in [1.29, 1.82) is 0 Å². The Morgan fingerprint density at radius 2 is 1.75 bits per heavy atom. The molecule has 0 spiro atoms. The Kier molecular flexibility index (Phi) is 9.71. The first-order chi connectivity index (χ1) is 5.77. The second-order valence-electron chi connectivity index (χ2n) is 3.74. The maximum Gasteiger partial charge on any atom is -0.00444 e. The monoisotopic (exact) mass is 187 g/mol. The molecular weight excluding hydrogens is 164 g/mol. The first kappa shape index (κ1) is 12.3. The van der Waals surface area contributed by atoms with Crippen LogP contribution >= 0.6 is 11.8 Å². The lowest BCUT2D eigenvalue weighted by Crippen LogP contribution is -1.92. The molecule has 0 aromatic carbocycles. The van der Waals surface area contributed by atoms with E-state index in [1.165, 1.54) is 37.2 Å². The van der Waals surface area contributed by atoms with Crippen LogP contribution in [0.2, 0.25) is 0 Å². The average Bonchev–Trinajstić information content (AvgIpc) is 2.02. The summed E-state index contributed by atoms with van der Waals surface area (Å²) in [5.74, 6) is 3.54. The van der Waals surface area contributed by atoms with Crippen LogP contribution in [0.1, 0.15) is 46.0 Å². The van der Waals surface area contributed by atoms with Crippen LogP contribution in [0.15, 0.2) is 0 Å². The zero-order valence-corrected chi connectivity index (χ0v) is 9.46. The molecule has 1 heteroatoms. The SMILES string of the molecule is [CH2]CCCCCCSCC(C)C. The summed E-state index contributed by atoms with van der Waals surface area (Å²) >= 11 is 2.10. The van der Waals surface area contributed by atoms with E-state index in [2.05, 4.69) is 32.5 Å². The van der Waals surface area contributed by atoms with E-state index in [4.69, 9.17) is 0 Å². The van der Waals surface area contributed by atoms with E-state index in [9.17, 15) is 0 Å². The third kappa shape index (κ3) is 10.3. The normalized spacial score (nSPS) is 11.0. The molecule has 0 fully saturated rings. The van der Waals surface area contributed by atoms with Gasteiger partial charge >= 0.3 is 0 Å². The zero-order chi connectivity index (χ0) is 9.23. The second kappa shape index (κ2) is 9.44. The molecule has 0 nitrogen and oxygen atoms in total. The van der Waals surface area contributed by atoms with E-state index < -0.39 is 0 Å². The largest absolute Gasteiger partial charge is 0.162 e. The maximum atomic E-state index is 3.84. The lowest BCUT2D eigenvalue weighted by atomic mass is 10.2. The summed E-state index contributed by atoms with van der Waals surface area (Å²) in [7, 11) is 0. The van der Waals surface area contributed by atoms with Gasteiger partial charge in [0, 0.05) is 0 Å². The molecule has 0 aromatic rings. The van der Waals surface area contributed by atoms with Gasteiger partial charge in [0.05, 0.1) is 0 Å². The molecule has 0 saturated heterocycles. The summed E-state index contributed by atoms with van der Waals surface area (Å²) in [4.78, 5) is 0. The molecular formula is C11H23S. The van der Waals surface area contributed by atoms with Crippen LogP contribution in [-0.2, 0) is 0 Å². The Labute approximate surface area is 82.5 Å². The van der Waals surface area contributed by atoms with Crippen molar-refractivity contribution in [3.63, 3.8) is 0 Å². The van der Waals surface area contributed by atoms with Crippen LogP contribution < -0.4 is 0 Å². The van der Waals surface area contributed by atoms with Crippen molar-refractivity contribution in [2.45, 2.75) is 46.0 Å². The van der Waals surface area contributed by atoms with Gasteiger partial charge in [-0.05, 0) is 23.8 Å². The molecule has 0 atom stereocenters. The molecule has 0 heterocycles. The summed E-state index contributed by atoms with van der Waals surface area (Å²) in [6.07, 6.45) is 6.61. The second-order valence-corrected chi connectivity index (χ2v) is 4.89. The predicted molar refractivity (Wildman–Crippen MR) is 60.6 cm³/mol. The Balaban J connectivity index is 2.82. The summed E-state index contributed by atoms with van der Waals surface area (Å²) in [5.41, 5.74) is 0. The van der Waals surface area contributed by atoms with Crippen LogP contribution in [0.5, 0.6) is 0 Å². The predicted octanol–water partition coefficient (Wildman–Crippen LogP) is 4.16. The Hall–Kier alpha value is 0.350. The van der Waals surface area contributed by atoms with Crippen molar-refractivity contribution in [2.24, 2.45) is 5.92 Å². The molecule has 0 amide bonds. The molecule has 0 N–H and O–H groups in total. The minimum absolute atomic E-state index is 0.856. The third-order valence-electron chi connectivity index (χ3n) is 1.74. The van der Waals surface area contributed by atoms with Gasteiger partial charge in [-0.25, -0.2) is 0 Å². The Morgan fingerprint density at radius 1 is 1.08 bits per heavy atom. The van der Waals surface area contributed by atoms with Crippen molar-refractivity contribution in [1.82, 2.24) is 0 Å². The number of unbranched alkanes of at least 4 members (excludes halogenated alkanes) is 4. The average molecular weight is 187 g/mol. The van der Waals surface area contributed by atoms with E-state index in [0.717, 1.165) is 12.3 Å². The summed E-state index contributed by atoms with van der Waals surface area (Å²) in [6, 6.07) is 0. The van der Waals surface area contributed by atoms with Crippen molar-refractivity contribution >= 4 is 11.8 Å².